The molecule has 0 aliphatic rings. The summed E-state index contributed by atoms with van der Waals surface area (Å²) < 4.78 is 0. The monoisotopic (exact) mass is 240 g/mol. The van der Waals surface area contributed by atoms with E-state index < -0.39 is 0 Å². The molecule has 3 nitrogen and oxygen atoms in total. The molecule has 0 unspecified atom stereocenters. The maximum absolute atomic E-state index is 11.7. The van der Waals surface area contributed by atoms with Gasteiger partial charge in [-0.3, -0.25) is 4.79 Å². The lowest BCUT2D eigenvalue weighted by molar-refractivity contribution is 0.0954. The molecule has 16 heavy (non-hydrogen) atoms. The van der Waals surface area contributed by atoms with Gasteiger partial charge in [0.25, 0.3) is 5.91 Å². The first kappa shape index (κ1) is 13.0. The molecule has 0 aromatic heterocycles. The lowest BCUT2D eigenvalue weighted by Crippen LogP contribution is -2.34. The van der Waals surface area contributed by atoms with E-state index in [0.29, 0.717) is 23.2 Å². The van der Waals surface area contributed by atoms with Crippen LogP contribution in [0.2, 0.25) is 5.02 Å². The molecule has 1 amide bonds. The van der Waals surface area contributed by atoms with Crippen LogP contribution < -0.4 is 10.6 Å². The second-order valence-corrected chi connectivity index (χ2v) is 4.25. The summed E-state index contributed by atoms with van der Waals surface area (Å²) >= 11 is 5.91. The predicted octanol–water partition coefficient (Wildman–Crippen LogP) is 2.07. The van der Waals surface area contributed by atoms with Gasteiger partial charge in [-0.1, -0.05) is 37.6 Å². The molecule has 0 fully saturated rings. The molecule has 2 N–H and O–H groups in total. The third kappa shape index (κ3) is 4.21. The van der Waals surface area contributed by atoms with Crippen molar-refractivity contribution in [2.75, 3.05) is 13.1 Å². The fraction of sp³-hybridized carbons (Fsp3) is 0.417. The van der Waals surface area contributed by atoms with Crippen molar-refractivity contribution in [3.8, 4) is 0 Å². The molecule has 0 aliphatic heterocycles. The van der Waals surface area contributed by atoms with E-state index >= 15 is 0 Å². The summed E-state index contributed by atoms with van der Waals surface area (Å²) in [7, 11) is 0. The third-order valence-electron chi connectivity index (χ3n) is 2.08. The molecule has 1 aromatic carbocycles. The van der Waals surface area contributed by atoms with Crippen LogP contribution in [-0.4, -0.2) is 25.0 Å². The summed E-state index contributed by atoms with van der Waals surface area (Å²) in [6, 6.07) is 7.46. The Bertz CT molecular complexity index is 353. The van der Waals surface area contributed by atoms with Crippen molar-refractivity contribution in [2.45, 2.75) is 19.9 Å². The predicted molar refractivity (Wildman–Crippen MR) is 66.9 cm³/mol. The van der Waals surface area contributed by atoms with E-state index in [2.05, 4.69) is 24.5 Å². The highest BCUT2D eigenvalue weighted by atomic mass is 35.5. The molecule has 88 valence electrons. The molecule has 0 saturated heterocycles. The zero-order valence-electron chi connectivity index (χ0n) is 9.59. The van der Waals surface area contributed by atoms with Crippen molar-refractivity contribution in [1.29, 1.82) is 0 Å². The summed E-state index contributed by atoms with van der Waals surface area (Å²) in [5, 5.41) is 6.51. The normalized spacial score (nSPS) is 10.5. The Labute approximate surface area is 101 Å². The summed E-state index contributed by atoms with van der Waals surface area (Å²) in [4.78, 5) is 11.7. The third-order valence-corrected chi connectivity index (χ3v) is 2.41. The van der Waals surface area contributed by atoms with Crippen molar-refractivity contribution in [3.05, 3.63) is 34.9 Å². The van der Waals surface area contributed by atoms with Crippen LogP contribution in [0.25, 0.3) is 0 Å². The number of carbonyl (C=O) groups is 1. The molecule has 0 heterocycles. The Morgan fingerprint density at radius 3 is 2.62 bits per heavy atom. The number of carbonyl (C=O) groups excluding carboxylic acids is 1. The maximum Gasteiger partial charge on any atom is 0.252 e. The van der Waals surface area contributed by atoms with E-state index in [0.717, 1.165) is 6.54 Å². The number of hydrogen-bond acceptors (Lipinski definition) is 2. The first-order valence-corrected chi connectivity index (χ1v) is 5.75. The lowest BCUT2D eigenvalue weighted by atomic mass is 10.2. The average Bonchev–Trinajstić information content (AvgIpc) is 2.24. The Morgan fingerprint density at radius 2 is 2.00 bits per heavy atom. The molecule has 0 spiro atoms. The fourth-order valence-corrected chi connectivity index (χ4v) is 1.50. The van der Waals surface area contributed by atoms with Gasteiger partial charge in [-0.05, 0) is 12.1 Å². The minimum atomic E-state index is -0.129. The number of halogens is 1. The molecule has 0 aliphatic carbocycles. The highest BCUT2D eigenvalue weighted by Crippen LogP contribution is 2.14. The fourth-order valence-electron chi connectivity index (χ4n) is 1.28. The highest BCUT2D eigenvalue weighted by Gasteiger charge is 2.07. The van der Waals surface area contributed by atoms with Gasteiger partial charge in [-0.15, -0.1) is 0 Å². The zero-order valence-corrected chi connectivity index (χ0v) is 10.3. The van der Waals surface area contributed by atoms with Crippen molar-refractivity contribution in [1.82, 2.24) is 10.6 Å². The van der Waals surface area contributed by atoms with Crippen LogP contribution in [0, 0.1) is 0 Å². The second kappa shape index (κ2) is 6.51. The number of benzene rings is 1. The minimum absolute atomic E-state index is 0.129. The van der Waals surface area contributed by atoms with Gasteiger partial charge in [0.1, 0.15) is 0 Å². The van der Waals surface area contributed by atoms with Gasteiger partial charge in [-0.25, -0.2) is 0 Å². The first-order valence-electron chi connectivity index (χ1n) is 5.37. The van der Waals surface area contributed by atoms with Gasteiger partial charge in [0.05, 0.1) is 10.6 Å². The maximum atomic E-state index is 11.7. The molecule has 1 rings (SSSR count). The number of nitrogens with one attached hydrogen (secondary N) is 2. The number of hydrogen-bond donors (Lipinski definition) is 2. The zero-order chi connectivity index (χ0) is 12.0. The Morgan fingerprint density at radius 1 is 1.31 bits per heavy atom. The Balaban J connectivity index is 2.39. The van der Waals surface area contributed by atoms with E-state index in [1.54, 1.807) is 24.3 Å². The Kier molecular flexibility index (Phi) is 5.29. The molecule has 0 bridgehead atoms. The summed E-state index contributed by atoms with van der Waals surface area (Å²) in [5.41, 5.74) is 0.522. The molecule has 0 saturated carbocycles. The minimum Gasteiger partial charge on any atom is -0.351 e. The van der Waals surface area contributed by atoms with Crippen LogP contribution in [0.4, 0.5) is 0 Å². The van der Waals surface area contributed by atoms with E-state index in [-0.39, 0.29) is 5.91 Å². The van der Waals surface area contributed by atoms with Gasteiger partial charge >= 0.3 is 0 Å². The molecule has 0 atom stereocenters. The summed E-state index contributed by atoms with van der Waals surface area (Å²) in [5.74, 6) is -0.129. The highest BCUT2D eigenvalue weighted by molar-refractivity contribution is 6.33. The van der Waals surface area contributed by atoms with E-state index in [4.69, 9.17) is 11.6 Å². The number of rotatable bonds is 5. The van der Waals surface area contributed by atoms with Crippen LogP contribution in [-0.2, 0) is 0 Å². The Hall–Kier alpha value is -1.06. The first-order chi connectivity index (χ1) is 7.61. The van der Waals surface area contributed by atoms with Gasteiger partial charge in [0.15, 0.2) is 0 Å². The van der Waals surface area contributed by atoms with Crippen molar-refractivity contribution in [3.63, 3.8) is 0 Å². The van der Waals surface area contributed by atoms with Crippen LogP contribution in [0.3, 0.4) is 0 Å². The van der Waals surface area contributed by atoms with Crippen molar-refractivity contribution < 1.29 is 4.79 Å². The van der Waals surface area contributed by atoms with Gasteiger partial charge < -0.3 is 10.6 Å². The molecular formula is C12H17ClN2O. The van der Waals surface area contributed by atoms with Gasteiger partial charge in [-0.2, -0.15) is 0 Å². The summed E-state index contributed by atoms with van der Waals surface area (Å²) in [6.07, 6.45) is 0. The van der Waals surface area contributed by atoms with Gasteiger partial charge in [0.2, 0.25) is 0 Å². The van der Waals surface area contributed by atoms with E-state index in [1.807, 2.05) is 0 Å². The molecule has 1 aromatic rings. The van der Waals surface area contributed by atoms with Crippen LogP contribution in [0.1, 0.15) is 24.2 Å². The largest absolute Gasteiger partial charge is 0.351 e. The SMILES string of the molecule is CC(C)NCCNC(=O)c1ccccc1Cl. The standard InChI is InChI=1S/C12H17ClN2O/c1-9(2)14-7-8-15-12(16)10-5-3-4-6-11(10)13/h3-6,9,14H,7-8H2,1-2H3,(H,15,16). The average molecular weight is 241 g/mol. The van der Waals surface area contributed by atoms with Crippen molar-refractivity contribution >= 4 is 17.5 Å². The van der Waals surface area contributed by atoms with E-state index in [9.17, 15) is 4.79 Å². The van der Waals surface area contributed by atoms with Crippen molar-refractivity contribution in [2.24, 2.45) is 0 Å². The molecule has 0 radical (unpaired) electrons. The van der Waals surface area contributed by atoms with Gasteiger partial charge in [0, 0.05) is 19.1 Å². The summed E-state index contributed by atoms with van der Waals surface area (Å²) in [6.45, 7) is 5.49. The smallest absolute Gasteiger partial charge is 0.252 e. The quantitative estimate of drug-likeness (QED) is 0.774. The molecule has 4 heteroatoms. The topological polar surface area (TPSA) is 41.1 Å². The van der Waals surface area contributed by atoms with E-state index in [1.165, 1.54) is 0 Å². The lowest BCUT2D eigenvalue weighted by Gasteiger charge is -2.09. The second-order valence-electron chi connectivity index (χ2n) is 3.84. The number of amides is 1. The van der Waals surface area contributed by atoms with Crippen LogP contribution >= 0.6 is 11.6 Å². The van der Waals surface area contributed by atoms with Crippen LogP contribution in [0.15, 0.2) is 24.3 Å². The van der Waals surface area contributed by atoms with Crippen LogP contribution in [0.5, 0.6) is 0 Å². The molecular weight excluding hydrogens is 224 g/mol.